The molecule has 0 aliphatic rings. The second-order valence-corrected chi connectivity index (χ2v) is 4.06. The third kappa shape index (κ3) is 2.63. The summed E-state index contributed by atoms with van der Waals surface area (Å²) < 4.78 is 0. The number of rotatable bonds is 4. The maximum atomic E-state index is 10.5. The number of nitrogens with one attached hydrogen (secondary N) is 1. The molecule has 2 aromatic rings. The van der Waals surface area contributed by atoms with Crippen molar-refractivity contribution in [3.63, 3.8) is 0 Å². The van der Waals surface area contributed by atoms with E-state index in [4.69, 9.17) is 5.11 Å². The van der Waals surface area contributed by atoms with Crippen molar-refractivity contribution >= 4 is 16.7 Å². The number of fused-ring (bicyclic) bond motifs is 1. The number of aliphatic carboxylic acids is 1. The Morgan fingerprint density at radius 3 is 2.71 bits per heavy atom. The fraction of sp³-hybridized carbons (Fsp3) is 0.214. The number of hydrogen-bond acceptors (Lipinski definition) is 2. The maximum absolute atomic E-state index is 10.5. The van der Waals surface area contributed by atoms with Gasteiger partial charge in [0.2, 0.25) is 0 Å². The third-order valence-electron chi connectivity index (χ3n) is 2.85. The van der Waals surface area contributed by atoms with Crippen molar-refractivity contribution in [3.8, 4) is 0 Å². The fourth-order valence-electron chi connectivity index (χ4n) is 1.98. The van der Waals surface area contributed by atoms with Gasteiger partial charge in [-0.05, 0) is 23.3 Å². The van der Waals surface area contributed by atoms with Crippen LogP contribution >= 0.6 is 0 Å². The Hall–Kier alpha value is -1.87. The van der Waals surface area contributed by atoms with Crippen molar-refractivity contribution in [2.75, 3.05) is 6.54 Å². The van der Waals surface area contributed by atoms with Crippen LogP contribution in [0.15, 0.2) is 42.5 Å². The van der Waals surface area contributed by atoms with E-state index < -0.39 is 5.97 Å². The molecular weight excluding hydrogens is 214 g/mol. The summed E-state index contributed by atoms with van der Waals surface area (Å²) >= 11 is 0. The molecule has 3 nitrogen and oxygen atoms in total. The second kappa shape index (κ2) is 4.97. The van der Waals surface area contributed by atoms with Crippen LogP contribution in [0.3, 0.4) is 0 Å². The van der Waals surface area contributed by atoms with Gasteiger partial charge in [0.05, 0.1) is 6.54 Å². The quantitative estimate of drug-likeness (QED) is 0.847. The van der Waals surface area contributed by atoms with Crippen LogP contribution in [0.1, 0.15) is 18.5 Å². The molecule has 88 valence electrons. The summed E-state index contributed by atoms with van der Waals surface area (Å²) in [5.41, 5.74) is 1.13. The van der Waals surface area contributed by atoms with E-state index in [9.17, 15) is 4.79 Å². The SMILES string of the molecule is C[C@@H](NCC(=O)O)c1cccc2ccccc12. The highest BCUT2D eigenvalue weighted by atomic mass is 16.4. The van der Waals surface area contributed by atoms with E-state index in [0.717, 1.165) is 5.56 Å². The minimum atomic E-state index is -0.836. The standard InChI is InChI=1S/C14H15NO2/c1-10(15-9-14(16)17)12-8-4-6-11-5-2-3-7-13(11)12/h2-8,10,15H,9H2,1H3,(H,16,17)/t10-/m1/s1. The lowest BCUT2D eigenvalue weighted by molar-refractivity contribution is -0.136. The monoisotopic (exact) mass is 229 g/mol. The van der Waals surface area contributed by atoms with Crippen molar-refractivity contribution in [1.82, 2.24) is 5.32 Å². The van der Waals surface area contributed by atoms with Crippen LogP contribution in [0, 0.1) is 0 Å². The summed E-state index contributed by atoms with van der Waals surface area (Å²) in [6.45, 7) is 1.95. The van der Waals surface area contributed by atoms with E-state index in [0.29, 0.717) is 0 Å². The minimum absolute atomic E-state index is 0.0234. The summed E-state index contributed by atoms with van der Waals surface area (Å²) in [6, 6.07) is 14.2. The summed E-state index contributed by atoms with van der Waals surface area (Å²) in [5, 5.41) is 14.0. The molecule has 2 N–H and O–H groups in total. The Balaban J connectivity index is 2.31. The maximum Gasteiger partial charge on any atom is 0.317 e. The molecule has 0 aliphatic carbocycles. The van der Waals surface area contributed by atoms with Gasteiger partial charge in [-0.2, -0.15) is 0 Å². The Morgan fingerprint density at radius 2 is 1.94 bits per heavy atom. The molecule has 0 spiro atoms. The van der Waals surface area contributed by atoms with Crippen molar-refractivity contribution < 1.29 is 9.90 Å². The molecule has 1 atom stereocenters. The molecule has 0 amide bonds. The Labute approximate surface area is 100 Å². The molecule has 0 bridgehead atoms. The van der Waals surface area contributed by atoms with E-state index in [1.807, 2.05) is 31.2 Å². The van der Waals surface area contributed by atoms with Gasteiger partial charge in [0.1, 0.15) is 0 Å². The van der Waals surface area contributed by atoms with Crippen LogP contribution in [-0.2, 0) is 4.79 Å². The van der Waals surface area contributed by atoms with Gasteiger partial charge in [0, 0.05) is 6.04 Å². The highest BCUT2D eigenvalue weighted by Gasteiger charge is 2.09. The van der Waals surface area contributed by atoms with Gasteiger partial charge in [-0.25, -0.2) is 0 Å². The minimum Gasteiger partial charge on any atom is -0.480 e. The second-order valence-electron chi connectivity index (χ2n) is 4.06. The fourth-order valence-corrected chi connectivity index (χ4v) is 1.98. The van der Waals surface area contributed by atoms with Crippen molar-refractivity contribution in [1.29, 1.82) is 0 Å². The number of benzene rings is 2. The van der Waals surface area contributed by atoms with Crippen LogP contribution < -0.4 is 5.32 Å². The zero-order valence-corrected chi connectivity index (χ0v) is 9.68. The molecule has 0 aliphatic heterocycles. The Morgan fingerprint density at radius 1 is 1.24 bits per heavy atom. The number of hydrogen-bond donors (Lipinski definition) is 2. The highest BCUT2D eigenvalue weighted by molar-refractivity contribution is 5.86. The van der Waals surface area contributed by atoms with Crippen LogP contribution in [0.2, 0.25) is 0 Å². The first-order valence-electron chi connectivity index (χ1n) is 5.61. The first-order chi connectivity index (χ1) is 8.18. The highest BCUT2D eigenvalue weighted by Crippen LogP contribution is 2.23. The van der Waals surface area contributed by atoms with Gasteiger partial charge >= 0.3 is 5.97 Å². The average Bonchev–Trinajstić information content (AvgIpc) is 2.35. The smallest absolute Gasteiger partial charge is 0.317 e. The predicted molar refractivity (Wildman–Crippen MR) is 68.0 cm³/mol. The molecule has 17 heavy (non-hydrogen) atoms. The molecule has 0 unspecified atom stereocenters. The van der Waals surface area contributed by atoms with E-state index in [2.05, 4.69) is 23.5 Å². The Kier molecular flexibility index (Phi) is 3.40. The predicted octanol–water partition coefficient (Wildman–Crippen LogP) is 2.58. The molecule has 2 aromatic carbocycles. The van der Waals surface area contributed by atoms with E-state index in [-0.39, 0.29) is 12.6 Å². The lowest BCUT2D eigenvalue weighted by Crippen LogP contribution is -2.25. The van der Waals surface area contributed by atoms with Crippen molar-refractivity contribution in [3.05, 3.63) is 48.0 Å². The van der Waals surface area contributed by atoms with Gasteiger partial charge in [-0.15, -0.1) is 0 Å². The molecule has 0 fully saturated rings. The Bertz CT molecular complexity index is 531. The molecule has 0 saturated carbocycles. The summed E-state index contributed by atoms with van der Waals surface area (Å²) in [5.74, 6) is -0.836. The molecule has 0 heterocycles. The van der Waals surface area contributed by atoms with Crippen LogP contribution in [0.5, 0.6) is 0 Å². The van der Waals surface area contributed by atoms with Gasteiger partial charge in [0.25, 0.3) is 0 Å². The average molecular weight is 229 g/mol. The lowest BCUT2D eigenvalue weighted by atomic mass is 10.00. The van der Waals surface area contributed by atoms with Crippen molar-refractivity contribution in [2.45, 2.75) is 13.0 Å². The topological polar surface area (TPSA) is 49.3 Å². The lowest BCUT2D eigenvalue weighted by Gasteiger charge is -2.15. The van der Waals surface area contributed by atoms with Gasteiger partial charge in [-0.1, -0.05) is 42.5 Å². The first kappa shape index (κ1) is 11.6. The van der Waals surface area contributed by atoms with Gasteiger partial charge < -0.3 is 10.4 Å². The molecule has 0 radical (unpaired) electrons. The molecular formula is C14H15NO2. The molecule has 0 saturated heterocycles. The van der Waals surface area contributed by atoms with E-state index in [1.54, 1.807) is 0 Å². The zero-order chi connectivity index (χ0) is 12.3. The van der Waals surface area contributed by atoms with Crippen LogP contribution in [0.25, 0.3) is 10.8 Å². The van der Waals surface area contributed by atoms with Crippen LogP contribution in [-0.4, -0.2) is 17.6 Å². The van der Waals surface area contributed by atoms with Crippen molar-refractivity contribution in [2.24, 2.45) is 0 Å². The number of carbonyl (C=O) groups is 1. The molecule has 3 heteroatoms. The summed E-state index contributed by atoms with van der Waals surface area (Å²) in [4.78, 5) is 10.5. The van der Waals surface area contributed by atoms with Gasteiger partial charge in [0.15, 0.2) is 0 Å². The molecule has 0 aromatic heterocycles. The van der Waals surface area contributed by atoms with E-state index in [1.165, 1.54) is 10.8 Å². The van der Waals surface area contributed by atoms with E-state index >= 15 is 0 Å². The molecule has 2 rings (SSSR count). The number of carboxylic acid groups (broad SMARTS) is 1. The largest absolute Gasteiger partial charge is 0.480 e. The summed E-state index contributed by atoms with van der Waals surface area (Å²) in [6.07, 6.45) is 0. The zero-order valence-electron chi connectivity index (χ0n) is 9.68. The van der Waals surface area contributed by atoms with Crippen LogP contribution in [0.4, 0.5) is 0 Å². The normalized spacial score (nSPS) is 12.5. The summed E-state index contributed by atoms with van der Waals surface area (Å²) in [7, 11) is 0. The first-order valence-corrected chi connectivity index (χ1v) is 5.61. The van der Waals surface area contributed by atoms with Gasteiger partial charge in [-0.3, -0.25) is 4.79 Å². The number of carboxylic acids is 1. The third-order valence-corrected chi connectivity index (χ3v) is 2.85.